The average Bonchev–Trinajstić information content (AvgIpc) is 3.51. The molecule has 35 heavy (non-hydrogen) atoms. The van der Waals surface area contributed by atoms with Crippen LogP contribution >= 0.6 is 11.8 Å². The van der Waals surface area contributed by atoms with Gasteiger partial charge < -0.3 is 5.32 Å². The lowest BCUT2D eigenvalue weighted by Gasteiger charge is -2.15. The maximum atomic E-state index is 12.7. The molecule has 3 heterocycles. The summed E-state index contributed by atoms with van der Waals surface area (Å²) in [5.74, 6) is 0.397. The molecule has 1 aliphatic rings. The molecule has 0 atom stereocenters. The summed E-state index contributed by atoms with van der Waals surface area (Å²) < 4.78 is 28.9. The number of carbonyl (C=O) groups excluding carboxylic acids is 1. The smallest absolute Gasteiger partial charge is 0.243 e. The molecule has 0 saturated carbocycles. The minimum Gasteiger partial charge on any atom is -0.326 e. The third-order valence-corrected chi connectivity index (χ3v) is 9.13. The SMILES string of the molecule is Cc1cc2nnc(SCCC(=O)Nc3ccc(S(=O)(=O)N4CCCC4)cc3)n2c2c(C)cccc12. The zero-order chi connectivity index (χ0) is 24.6. The standard InChI is InChI=1S/C25H27N5O3S2/c1-17-6-5-7-21-18(2)16-22-27-28-25(30(22)24(17)21)34-15-12-23(31)26-19-8-10-20(11-9-19)35(32,33)29-13-3-4-14-29/h5-11,16H,3-4,12-15H2,1-2H3,(H,26,31). The fraction of sp³-hybridized carbons (Fsp3) is 0.320. The molecule has 2 aromatic carbocycles. The van der Waals surface area contributed by atoms with Gasteiger partial charge in [0.25, 0.3) is 0 Å². The number of aromatic nitrogens is 3. The van der Waals surface area contributed by atoms with Crippen molar-refractivity contribution in [3.8, 4) is 0 Å². The number of rotatable bonds is 7. The highest BCUT2D eigenvalue weighted by atomic mass is 32.2. The molecule has 4 aromatic rings. The summed E-state index contributed by atoms with van der Waals surface area (Å²) in [4.78, 5) is 12.8. The number of nitrogens with one attached hydrogen (secondary N) is 1. The van der Waals surface area contributed by atoms with E-state index in [0.29, 0.717) is 24.5 Å². The maximum Gasteiger partial charge on any atom is 0.243 e. The molecule has 2 aromatic heterocycles. The summed E-state index contributed by atoms with van der Waals surface area (Å²) >= 11 is 1.49. The van der Waals surface area contributed by atoms with E-state index in [1.807, 2.05) is 12.1 Å². The first-order chi connectivity index (χ1) is 16.8. The van der Waals surface area contributed by atoms with Crippen LogP contribution in [0.4, 0.5) is 5.69 Å². The maximum absolute atomic E-state index is 12.7. The monoisotopic (exact) mass is 509 g/mol. The first kappa shape index (κ1) is 23.8. The third-order valence-electron chi connectivity index (χ3n) is 6.29. The van der Waals surface area contributed by atoms with Crippen molar-refractivity contribution in [2.75, 3.05) is 24.2 Å². The van der Waals surface area contributed by atoms with Gasteiger partial charge in [0.2, 0.25) is 15.9 Å². The largest absolute Gasteiger partial charge is 0.326 e. The molecule has 1 fully saturated rings. The van der Waals surface area contributed by atoms with Crippen LogP contribution in [0.2, 0.25) is 0 Å². The quantitative estimate of drug-likeness (QED) is 0.371. The van der Waals surface area contributed by atoms with Gasteiger partial charge in [-0.15, -0.1) is 10.2 Å². The predicted octanol–water partition coefficient (Wildman–Crippen LogP) is 4.40. The predicted molar refractivity (Wildman–Crippen MR) is 138 cm³/mol. The van der Waals surface area contributed by atoms with Crippen LogP contribution in [0.15, 0.2) is 58.6 Å². The molecule has 182 valence electrons. The van der Waals surface area contributed by atoms with Gasteiger partial charge in [-0.05, 0) is 68.1 Å². The number of aryl methyl sites for hydroxylation is 2. The van der Waals surface area contributed by atoms with Gasteiger partial charge in [-0.1, -0.05) is 30.0 Å². The van der Waals surface area contributed by atoms with Crippen molar-refractivity contribution in [3.05, 3.63) is 59.7 Å². The van der Waals surface area contributed by atoms with Crippen LogP contribution in [0.5, 0.6) is 0 Å². The molecule has 0 unspecified atom stereocenters. The summed E-state index contributed by atoms with van der Waals surface area (Å²) in [5.41, 5.74) is 4.75. The number of anilines is 1. The Morgan fingerprint density at radius 3 is 2.51 bits per heavy atom. The molecule has 1 N–H and O–H groups in total. The van der Waals surface area contributed by atoms with Crippen LogP contribution in [0, 0.1) is 13.8 Å². The van der Waals surface area contributed by atoms with E-state index in [4.69, 9.17) is 0 Å². The van der Waals surface area contributed by atoms with E-state index in [-0.39, 0.29) is 17.2 Å². The Kier molecular flexibility index (Phi) is 6.52. The Morgan fingerprint density at radius 1 is 1.03 bits per heavy atom. The second-order valence-electron chi connectivity index (χ2n) is 8.76. The summed E-state index contributed by atoms with van der Waals surface area (Å²) in [7, 11) is -3.46. The number of sulfonamides is 1. The Morgan fingerprint density at radius 2 is 1.77 bits per heavy atom. The normalized spacial score (nSPS) is 14.7. The number of fused-ring (bicyclic) bond motifs is 3. The molecule has 0 bridgehead atoms. The van der Waals surface area contributed by atoms with Gasteiger partial charge in [-0.25, -0.2) is 8.42 Å². The Bertz CT molecular complexity index is 1510. The fourth-order valence-electron chi connectivity index (χ4n) is 4.47. The Balaban J connectivity index is 1.23. The van der Waals surface area contributed by atoms with Gasteiger partial charge in [0.15, 0.2) is 10.8 Å². The van der Waals surface area contributed by atoms with E-state index in [2.05, 4.69) is 45.9 Å². The van der Waals surface area contributed by atoms with Crippen molar-refractivity contribution >= 4 is 49.9 Å². The summed E-state index contributed by atoms with van der Waals surface area (Å²) in [6.45, 7) is 5.27. The summed E-state index contributed by atoms with van der Waals surface area (Å²) in [5, 5.41) is 13.5. The topological polar surface area (TPSA) is 96.7 Å². The summed E-state index contributed by atoms with van der Waals surface area (Å²) in [6.07, 6.45) is 2.08. The summed E-state index contributed by atoms with van der Waals surface area (Å²) in [6, 6.07) is 14.6. The van der Waals surface area contributed by atoms with Gasteiger partial charge in [0.1, 0.15) is 0 Å². The van der Waals surface area contributed by atoms with Crippen LogP contribution in [0.3, 0.4) is 0 Å². The van der Waals surface area contributed by atoms with E-state index in [9.17, 15) is 13.2 Å². The van der Waals surface area contributed by atoms with Crippen LogP contribution in [0.25, 0.3) is 16.6 Å². The van der Waals surface area contributed by atoms with Crippen LogP contribution in [-0.2, 0) is 14.8 Å². The molecule has 0 radical (unpaired) electrons. The number of pyridine rings is 1. The minimum atomic E-state index is -3.46. The second kappa shape index (κ2) is 9.60. The van der Waals surface area contributed by atoms with Crippen molar-refractivity contribution < 1.29 is 13.2 Å². The molecule has 1 saturated heterocycles. The van der Waals surface area contributed by atoms with E-state index in [0.717, 1.165) is 45.7 Å². The Hall–Kier alpha value is -2.95. The lowest BCUT2D eigenvalue weighted by atomic mass is 10.1. The first-order valence-corrected chi connectivity index (χ1v) is 14.0. The lowest BCUT2D eigenvalue weighted by molar-refractivity contribution is -0.115. The minimum absolute atomic E-state index is 0.140. The zero-order valence-electron chi connectivity index (χ0n) is 19.7. The molecular weight excluding hydrogens is 482 g/mol. The molecule has 10 heteroatoms. The van der Waals surface area contributed by atoms with E-state index in [1.165, 1.54) is 16.1 Å². The lowest BCUT2D eigenvalue weighted by Crippen LogP contribution is -2.27. The fourth-order valence-corrected chi connectivity index (χ4v) is 6.87. The number of thioether (sulfide) groups is 1. The molecule has 1 amide bonds. The highest BCUT2D eigenvalue weighted by molar-refractivity contribution is 7.99. The van der Waals surface area contributed by atoms with Gasteiger partial charge >= 0.3 is 0 Å². The highest BCUT2D eigenvalue weighted by Crippen LogP contribution is 2.28. The number of hydrogen-bond donors (Lipinski definition) is 1. The molecule has 0 spiro atoms. The average molecular weight is 510 g/mol. The van der Waals surface area contributed by atoms with Crippen molar-refractivity contribution in [3.63, 3.8) is 0 Å². The van der Waals surface area contributed by atoms with E-state index >= 15 is 0 Å². The Labute approximate surface area is 208 Å². The number of hydrogen-bond acceptors (Lipinski definition) is 6. The van der Waals surface area contributed by atoms with Crippen LogP contribution in [0.1, 0.15) is 30.4 Å². The first-order valence-electron chi connectivity index (χ1n) is 11.6. The van der Waals surface area contributed by atoms with E-state index in [1.54, 1.807) is 24.3 Å². The number of carbonyl (C=O) groups is 1. The molecule has 5 rings (SSSR count). The molecule has 1 aliphatic heterocycles. The molecular formula is C25H27N5O3S2. The molecule has 8 nitrogen and oxygen atoms in total. The van der Waals surface area contributed by atoms with Crippen LogP contribution < -0.4 is 5.32 Å². The number of para-hydroxylation sites is 1. The van der Waals surface area contributed by atoms with Crippen LogP contribution in [-0.4, -0.2) is 52.1 Å². The van der Waals surface area contributed by atoms with E-state index < -0.39 is 10.0 Å². The van der Waals surface area contributed by atoms with Crippen molar-refractivity contribution in [1.82, 2.24) is 18.9 Å². The van der Waals surface area contributed by atoms with Gasteiger partial charge in [0, 0.05) is 36.3 Å². The molecule has 0 aliphatic carbocycles. The van der Waals surface area contributed by atoms with Crippen molar-refractivity contribution in [1.29, 1.82) is 0 Å². The number of nitrogens with zero attached hydrogens (tertiary/aromatic N) is 4. The zero-order valence-corrected chi connectivity index (χ0v) is 21.3. The number of amides is 1. The number of benzene rings is 2. The van der Waals surface area contributed by atoms with Gasteiger partial charge in [0.05, 0.1) is 10.4 Å². The third kappa shape index (κ3) is 4.65. The second-order valence-corrected chi connectivity index (χ2v) is 11.8. The van der Waals surface area contributed by atoms with Crippen molar-refractivity contribution in [2.24, 2.45) is 0 Å². The van der Waals surface area contributed by atoms with Crippen molar-refractivity contribution in [2.45, 2.75) is 43.2 Å². The highest BCUT2D eigenvalue weighted by Gasteiger charge is 2.27. The van der Waals surface area contributed by atoms with Gasteiger partial charge in [-0.3, -0.25) is 9.20 Å². The van der Waals surface area contributed by atoms with Gasteiger partial charge in [-0.2, -0.15) is 4.31 Å².